The number of nitrogens with one attached hydrogen (secondary N) is 2. The number of hydrogen-bond donors (Lipinski definition) is 3. The maximum Gasteiger partial charge on any atom is 0.261 e. The highest BCUT2D eigenvalue weighted by Gasteiger charge is 2.17. The number of nitrogens with zero attached hydrogens (tertiary/aromatic N) is 4. The van der Waals surface area contributed by atoms with Crippen LogP contribution in [0.5, 0.6) is 0 Å². The Morgan fingerprint density at radius 1 is 1.09 bits per heavy atom. The van der Waals surface area contributed by atoms with E-state index in [-0.39, 0.29) is 42.6 Å². The van der Waals surface area contributed by atoms with Crippen LogP contribution >= 0.6 is 22.9 Å². The lowest BCUT2D eigenvalue weighted by atomic mass is 10.1. The van der Waals surface area contributed by atoms with Crippen LogP contribution in [-0.4, -0.2) is 44.5 Å². The minimum Gasteiger partial charge on any atom is -0.351 e. The number of halogens is 1. The van der Waals surface area contributed by atoms with Crippen LogP contribution in [0.15, 0.2) is 65.7 Å². The van der Waals surface area contributed by atoms with Crippen LogP contribution in [0.2, 0.25) is 4.34 Å². The van der Waals surface area contributed by atoms with Gasteiger partial charge in [0, 0.05) is 31.0 Å². The zero-order chi connectivity index (χ0) is 24.1. The molecule has 0 unspecified atom stereocenters. The van der Waals surface area contributed by atoms with Gasteiger partial charge in [0.2, 0.25) is 0 Å². The van der Waals surface area contributed by atoms with Crippen molar-refractivity contribution in [3.05, 3.63) is 91.7 Å². The van der Waals surface area contributed by atoms with Gasteiger partial charge in [-0.3, -0.25) is 19.0 Å². The van der Waals surface area contributed by atoms with Crippen molar-refractivity contribution >= 4 is 34.8 Å². The molecule has 1 aromatic carbocycles. The average Bonchev–Trinajstić information content (AvgIpc) is 3.50. The summed E-state index contributed by atoms with van der Waals surface area (Å²) in [6, 6.07) is 13.1. The Balaban J connectivity index is 1.61. The van der Waals surface area contributed by atoms with Gasteiger partial charge in [0.1, 0.15) is 5.69 Å². The lowest BCUT2D eigenvalue weighted by Crippen LogP contribution is -2.30. The van der Waals surface area contributed by atoms with Crippen LogP contribution in [0.4, 0.5) is 0 Å². The van der Waals surface area contributed by atoms with E-state index in [9.17, 15) is 14.4 Å². The molecule has 4 aromatic rings. The Morgan fingerprint density at radius 2 is 1.94 bits per heavy atom. The Labute approximate surface area is 203 Å². The van der Waals surface area contributed by atoms with E-state index in [1.807, 2.05) is 0 Å². The van der Waals surface area contributed by atoms with Crippen LogP contribution in [-0.2, 0) is 6.54 Å². The number of nitrogens with two attached hydrogens (primary N) is 1. The van der Waals surface area contributed by atoms with Crippen molar-refractivity contribution in [2.45, 2.75) is 6.54 Å². The molecule has 3 heterocycles. The molecule has 0 aliphatic heterocycles. The van der Waals surface area contributed by atoms with Gasteiger partial charge < -0.3 is 16.4 Å². The van der Waals surface area contributed by atoms with Crippen LogP contribution in [0.3, 0.4) is 0 Å². The van der Waals surface area contributed by atoms with Crippen LogP contribution in [0, 0.1) is 0 Å². The van der Waals surface area contributed by atoms with E-state index >= 15 is 0 Å². The van der Waals surface area contributed by atoms with Gasteiger partial charge in [-0.25, -0.2) is 4.68 Å². The number of hydrogen-bond acceptors (Lipinski definition) is 7. The Bertz CT molecular complexity index is 1390. The van der Waals surface area contributed by atoms with E-state index in [1.54, 1.807) is 54.9 Å². The fourth-order valence-electron chi connectivity index (χ4n) is 3.17. The smallest absolute Gasteiger partial charge is 0.261 e. The molecule has 34 heavy (non-hydrogen) atoms. The fraction of sp³-hybridized carbons (Fsp3) is 0.136. The zero-order valence-electron chi connectivity index (χ0n) is 17.8. The molecule has 2 amide bonds. The molecule has 0 radical (unpaired) electrons. The van der Waals surface area contributed by atoms with Crippen molar-refractivity contribution in [1.29, 1.82) is 0 Å². The van der Waals surface area contributed by atoms with Crippen LogP contribution in [0.25, 0.3) is 11.4 Å². The second-order valence-corrected chi connectivity index (χ2v) is 8.81. The lowest BCUT2D eigenvalue weighted by Gasteiger charge is -2.13. The van der Waals surface area contributed by atoms with Crippen molar-refractivity contribution in [3.63, 3.8) is 0 Å². The summed E-state index contributed by atoms with van der Waals surface area (Å²) in [4.78, 5) is 37.8. The summed E-state index contributed by atoms with van der Waals surface area (Å²) in [7, 11) is 0. The highest BCUT2D eigenvalue weighted by atomic mass is 35.5. The summed E-state index contributed by atoms with van der Waals surface area (Å²) in [6.07, 6.45) is 3.24. The van der Waals surface area contributed by atoms with Crippen molar-refractivity contribution in [2.24, 2.45) is 5.73 Å². The minimum atomic E-state index is -0.369. The molecule has 3 aromatic heterocycles. The second kappa shape index (κ2) is 10.4. The second-order valence-electron chi connectivity index (χ2n) is 7.10. The standard InChI is InChI=1S/C22H20ClN7O3S/c23-19-7-6-18(34-19)22(33)26-12-14-13-30(28-27-14)17-5-4-15(29-10-2-1-3-20(29)31)11-16(17)21(32)25-9-8-24/h1-7,10-11,13H,8-9,12,24H2,(H,25,32)(H,26,33). The number of rotatable bonds is 8. The molecule has 4 N–H and O–H groups in total. The molecule has 0 atom stereocenters. The van der Waals surface area contributed by atoms with E-state index in [0.717, 1.165) is 0 Å². The number of benzene rings is 1. The summed E-state index contributed by atoms with van der Waals surface area (Å²) < 4.78 is 3.40. The van der Waals surface area contributed by atoms with Crippen LogP contribution in [0.1, 0.15) is 25.7 Å². The van der Waals surface area contributed by atoms with Gasteiger partial charge >= 0.3 is 0 Å². The van der Waals surface area contributed by atoms with Gasteiger partial charge in [0.15, 0.2) is 0 Å². The van der Waals surface area contributed by atoms with E-state index < -0.39 is 0 Å². The van der Waals surface area contributed by atoms with Gasteiger partial charge in [-0.2, -0.15) is 0 Å². The first-order valence-electron chi connectivity index (χ1n) is 10.2. The molecule has 0 spiro atoms. The van der Waals surface area contributed by atoms with Crippen molar-refractivity contribution in [1.82, 2.24) is 30.2 Å². The van der Waals surface area contributed by atoms with E-state index in [2.05, 4.69) is 20.9 Å². The van der Waals surface area contributed by atoms with Crippen molar-refractivity contribution < 1.29 is 9.59 Å². The first-order chi connectivity index (χ1) is 16.5. The molecule has 0 aliphatic rings. The topological polar surface area (TPSA) is 137 Å². The molecule has 10 nitrogen and oxygen atoms in total. The molecule has 12 heteroatoms. The Morgan fingerprint density at radius 3 is 2.68 bits per heavy atom. The molecule has 174 valence electrons. The third-order valence-electron chi connectivity index (χ3n) is 4.77. The summed E-state index contributed by atoms with van der Waals surface area (Å²) in [5, 5.41) is 13.7. The predicted molar refractivity (Wildman–Crippen MR) is 129 cm³/mol. The number of carbonyl (C=O) groups excluding carboxylic acids is 2. The number of carbonyl (C=O) groups is 2. The average molecular weight is 498 g/mol. The Hall–Kier alpha value is -3.80. The summed E-state index contributed by atoms with van der Waals surface area (Å²) in [5.74, 6) is -0.642. The van der Waals surface area contributed by atoms with Gasteiger partial charge in [-0.1, -0.05) is 22.9 Å². The quantitative estimate of drug-likeness (QED) is 0.339. The van der Waals surface area contributed by atoms with Gasteiger partial charge in [-0.05, 0) is 36.4 Å². The highest BCUT2D eigenvalue weighted by Crippen LogP contribution is 2.21. The summed E-state index contributed by atoms with van der Waals surface area (Å²) in [5.41, 5.74) is 7.05. The molecule has 0 bridgehead atoms. The third kappa shape index (κ3) is 5.22. The fourth-order valence-corrected chi connectivity index (χ4v) is 4.13. The summed E-state index contributed by atoms with van der Waals surface area (Å²) >= 11 is 7.06. The molecular formula is C22H20ClN7O3S. The van der Waals surface area contributed by atoms with Crippen molar-refractivity contribution in [2.75, 3.05) is 13.1 Å². The maximum absolute atomic E-state index is 12.9. The highest BCUT2D eigenvalue weighted by molar-refractivity contribution is 7.17. The molecule has 0 fully saturated rings. The normalized spacial score (nSPS) is 10.8. The van der Waals surface area contributed by atoms with Crippen LogP contribution < -0.4 is 21.9 Å². The third-order valence-corrected chi connectivity index (χ3v) is 6.00. The maximum atomic E-state index is 12.9. The van der Waals surface area contributed by atoms with Crippen molar-refractivity contribution in [3.8, 4) is 11.4 Å². The molecule has 0 saturated heterocycles. The Kier molecular flexibility index (Phi) is 7.16. The number of pyridine rings is 1. The lowest BCUT2D eigenvalue weighted by molar-refractivity contribution is 0.0946. The van der Waals surface area contributed by atoms with E-state index in [1.165, 1.54) is 26.7 Å². The first-order valence-corrected chi connectivity index (χ1v) is 11.4. The molecule has 4 rings (SSSR count). The molecule has 0 saturated carbocycles. The van der Waals surface area contributed by atoms with Gasteiger partial charge in [-0.15, -0.1) is 16.4 Å². The largest absolute Gasteiger partial charge is 0.351 e. The van der Waals surface area contributed by atoms with E-state index in [0.29, 0.717) is 26.3 Å². The molecular weight excluding hydrogens is 478 g/mol. The number of thiophene rings is 1. The SMILES string of the molecule is NCCNC(=O)c1cc(-n2ccccc2=O)ccc1-n1cc(CNC(=O)c2ccc(Cl)s2)nn1. The first kappa shape index (κ1) is 23.4. The minimum absolute atomic E-state index is 0.139. The number of amides is 2. The van der Waals surface area contributed by atoms with Gasteiger partial charge in [0.05, 0.1) is 33.2 Å². The monoisotopic (exact) mass is 497 g/mol. The van der Waals surface area contributed by atoms with E-state index in [4.69, 9.17) is 17.3 Å². The summed E-state index contributed by atoms with van der Waals surface area (Å²) in [6.45, 7) is 0.706. The zero-order valence-corrected chi connectivity index (χ0v) is 19.3. The molecule has 0 aliphatic carbocycles. The number of aromatic nitrogens is 4. The van der Waals surface area contributed by atoms with Gasteiger partial charge in [0.25, 0.3) is 17.4 Å². The predicted octanol–water partition coefficient (Wildman–Crippen LogP) is 1.75.